The Morgan fingerprint density at radius 3 is 2.71 bits per heavy atom. The van der Waals surface area contributed by atoms with Crippen molar-refractivity contribution in [2.45, 2.75) is 26.4 Å². The van der Waals surface area contributed by atoms with E-state index in [4.69, 9.17) is 15.2 Å². The van der Waals surface area contributed by atoms with Crippen LogP contribution >= 0.6 is 0 Å². The molecule has 17 heavy (non-hydrogen) atoms. The van der Waals surface area contributed by atoms with E-state index in [1.165, 1.54) is 0 Å². The summed E-state index contributed by atoms with van der Waals surface area (Å²) in [5, 5.41) is 8.23. The van der Waals surface area contributed by atoms with Gasteiger partial charge in [0.05, 0.1) is 24.6 Å². The molecule has 0 radical (unpaired) electrons. The third kappa shape index (κ3) is 4.07. The van der Waals surface area contributed by atoms with Crippen molar-refractivity contribution in [2.75, 3.05) is 27.4 Å². The molecule has 0 fully saturated rings. The zero-order valence-corrected chi connectivity index (χ0v) is 10.8. The quantitative estimate of drug-likeness (QED) is 0.705. The van der Waals surface area contributed by atoms with Crippen LogP contribution < -0.4 is 5.73 Å². The molecule has 1 unspecified atom stereocenters. The number of hydrogen-bond acceptors (Lipinski definition) is 5. The van der Waals surface area contributed by atoms with Gasteiger partial charge in [0.1, 0.15) is 0 Å². The van der Waals surface area contributed by atoms with Gasteiger partial charge < -0.3 is 15.2 Å². The number of ether oxygens (including phenoxy) is 2. The maximum absolute atomic E-state index is 5.64. The number of nitrogens with two attached hydrogens (primary N) is 1. The van der Waals surface area contributed by atoms with Gasteiger partial charge >= 0.3 is 0 Å². The molecule has 0 aromatic carbocycles. The van der Waals surface area contributed by atoms with Crippen molar-refractivity contribution in [3.63, 3.8) is 0 Å². The zero-order chi connectivity index (χ0) is 12.7. The molecular weight excluding hydrogens is 220 g/mol. The van der Waals surface area contributed by atoms with Crippen molar-refractivity contribution in [3.05, 3.63) is 11.4 Å². The number of aromatic nitrogens is 3. The lowest BCUT2D eigenvalue weighted by Gasteiger charge is -2.12. The molecular formula is C11H22N4O2. The van der Waals surface area contributed by atoms with Crippen LogP contribution in [0.15, 0.2) is 0 Å². The topological polar surface area (TPSA) is 75.2 Å². The van der Waals surface area contributed by atoms with Crippen molar-refractivity contribution in [3.8, 4) is 0 Å². The summed E-state index contributed by atoms with van der Waals surface area (Å²) in [6.45, 7) is 4.69. The Morgan fingerprint density at radius 2 is 2.12 bits per heavy atom. The average molecular weight is 242 g/mol. The first kappa shape index (κ1) is 14.1. The predicted molar refractivity (Wildman–Crippen MR) is 64.5 cm³/mol. The van der Waals surface area contributed by atoms with E-state index in [1.807, 2.05) is 4.68 Å². The number of nitrogens with zero attached hydrogens (tertiary/aromatic N) is 3. The number of hydrogen-bond donors (Lipinski definition) is 1. The summed E-state index contributed by atoms with van der Waals surface area (Å²) in [5.41, 5.74) is 7.56. The van der Waals surface area contributed by atoms with Crippen LogP contribution in [0.25, 0.3) is 0 Å². The van der Waals surface area contributed by atoms with Crippen LogP contribution in [0.5, 0.6) is 0 Å². The highest BCUT2D eigenvalue weighted by molar-refractivity contribution is 5.10. The summed E-state index contributed by atoms with van der Waals surface area (Å²) < 4.78 is 12.1. The van der Waals surface area contributed by atoms with E-state index in [9.17, 15) is 0 Å². The van der Waals surface area contributed by atoms with Crippen LogP contribution in [-0.2, 0) is 29.0 Å². The van der Waals surface area contributed by atoms with Crippen molar-refractivity contribution < 1.29 is 9.47 Å². The minimum absolute atomic E-state index is 0.397. The van der Waals surface area contributed by atoms with E-state index >= 15 is 0 Å². The Kier molecular flexibility index (Phi) is 6.10. The largest absolute Gasteiger partial charge is 0.384 e. The SMILES string of the molecule is COCCc1c(CN)nnn1CC(C)COC. The van der Waals surface area contributed by atoms with E-state index < -0.39 is 0 Å². The molecule has 98 valence electrons. The molecule has 0 amide bonds. The average Bonchev–Trinajstić information content (AvgIpc) is 2.69. The summed E-state index contributed by atoms with van der Waals surface area (Å²) in [5.74, 6) is 0.397. The molecule has 6 heteroatoms. The van der Waals surface area contributed by atoms with Crippen molar-refractivity contribution in [2.24, 2.45) is 11.7 Å². The van der Waals surface area contributed by atoms with Gasteiger partial charge in [-0.1, -0.05) is 12.1 Å². The Balaban J connectivity index is 2.72. The molecule has 1 rings (SSSR count). The van der Waals surface area contributed by atoms with Gasteiger partial charge in [0.15, 0.2) is 0 Å². The molecule has 1 heterocycles. The monoisotopic (exact) mass is 242 g/mol. The van der Waals surface area contributed by atoms with Gasteiger partial charge in [0.25, 0.3) is 0 Å². The van der Waals surface area contributed by atoms with Crippen LogP contribution in [-0.4, -0.2) is 42.4 Å². The molecule has 0 saturated heterocycles. The van der Waals surface area contributed by atoms with Crippen molar-refractivity contribution in [1.82, 2.24) is 15.0 Å². The number of rotatable bonds is 8. The summed E-state index contributed by atoms with van der Waals surface area (Å²) in [6.07, 6.45) is 0.787. The minimum Gasteiger partial charge on any atom is -0.384 e. The lowest BCUT2D eigenvalue weighted by molar-refractivity contribution is 0.147. The van der Waals surface area contributed by atoms with Crippen LogP contribution in [0.3, 0.4) is 0 Å². The fourth-order valence-electron chi connectivity index (χ4n) is 1.78. The lowest BCUT2D eigenvalue weighted by Crippen LogP contribution is -2.17. The minimum atomic E-state index is 0.397. The first-order chi connectivity index (χ1) is 8.22. The molecule has 0 aliphatic heterocycles. The van der Waals surface area contributed by atoms with Crippen LogP contribution in [0.1, 0.15) is 18.3 Å². The van der Waals surface area contributed by atoms with E-state index in [-0.39, 0.29) is 0 Å². The van der Waals surface area contributed by atoms with E-state index in [0.29, 0.717) is 25.7 Å². The Labute approximate surface area is 102 Å². The highest BCUT2D eigenvalue weighted by Crippen LogP contribution is 2.09. The molecule has 0 aliphatic rings. The molecule has 0 bridgehead atoms. The Morgan fingerprint density at radius 1 is 1.35 bits per heavy atom. The predicted octanol–water partition coefficient (Wildman–Crippen LogP) is 0.208. The third-order valence-electron chi connectivity index (χ3n) is 2.59. The van der Waals surface area contributed by atoms with Crippen LogP contribution in [0.4, 0.5) is 0 Å². The van der Waals surface area contributed by atoms with Crippen molar-refractivity contribution >= 4 is 0 Å². The maximum atomic E-state index is 5.64. The fraction of sp³-hybridized carbons (Fsp3) is 0.818. The Bertz CT molecular complexity index is 327. The molecule has 0 spiro atoms. The summed E-state index contributed by atoms with van der Waals surface area (Å²) in [7, 11) is 3.39. The van der Waals surface area contributed by atoms with Gasteiger partial charge in [0, 0.05) is 33.7 Å². The van der Waals surface area contributed by atoms with Gasteiger partial charge in [-0.15, -0.1) is 5.10 Å². The molecule has 2 N–H and O–H groups in total. The molecule has 0 saturated carbocycles. The molecule has 1 aromatic rings. The maximum Gasteiger partial charge on any atom is 0.0995 e. The second-order valence-electron chi connectivity index (χ2n) is 4.17. The van der Waals surface area contributed by atoms with Crippen LogP contribution in [0, 0.1) is 5.92 Å². The smallest absolute Gasteiger partial charge is 0.0995 e. The number of methoxy groups -OCH3 is 2. The van der Waals surface area contributed by atoms with Crippen LogP contribution in [0.2, 0.25) is 0 Å². The highest BCUT2D eigenvalue weighted by Gasteiger charge is 2.13. The normalized spacial score (nSPS) is 12.9. The van der Waals surface area contributed by atoms with Gasteiger partial charge in [-0.3, -0.25) is 0 Å². The second kappa shape index (κ2) is 7.37. The molecule has 1 atom stereocenters. The fourth-order valence-corrected chi connectivity index (χ4v) is 1.78. The summed E-state index contributed by atoms with van der Waals surface area (Å²) >= 11 is 0. The van der Waals surface area contributed by atoms with Gasteiger partial charge in [-0.2, -0.15) is 0 Å². The molecule has 1 aromatic heterocycles. The zero-order valence-electron chi connectivity index (χ0n) is 10.8. The lowest BCUT2D eigenvalue weighted by atomic mass is 10.2. The van der Waals surface area contributed by atoms with Gasteiger partial charge in [0.2, 0.25) is 0 Å². The van der Waals surface area contributed by atoms with Gasteiger partial charge in [-0.25, -0.2) is 4.68 Å². The van der Waals surface area contributed by atoms with Gasteiger partial charge in [-0.05, 0) is 5.92 Å². The van der Waals surface area contributed by atoms with Crippen molar-refractivity contribution in [1.29, 1.82) is 0 Å². The second-order valence-corrected chi connectivity index (χ2v) is 4.17. The summed E-state index contributed by atoms with van der Waals surface area (Å²) in [4.78, 5) is 0. The molecule has 0 aliphatic carbocycles. The summed E-state index contributed by atoms with van der Waals surface area (Å²) in [6, 6.07) is 0. The van der Waals surface area contributed by atoms with E-state index in [1.54, 1.807) is 14.2 Å². The standard InChI is InChI=1S/C11H22N4O2/c1-9(8-17-3)7-15-11(4-5-16-2)10(6-12)13-14-15/h9H,4-8,12H2,1-3H3. The Hall–Kier alpha value is -0.980. The highest BCUT2D eigenvalue weighted by atomic mass is 16.5. The first-order valence-corrected chi connectivity index (χ1v) is 5.82. The van der Waals surface area contributed by atoms with E-state index in [0.717, 1.165) is 24.4 Å². The molecule has 6 nitrogen and oxygen atoms in total. The third-order valence-corrected chi connectivity index (χ3v) is 2.59. The first-order valence-electron chi connectivity index (χ1n) is 5.82. The van der Waals surface area contributed by atoms with E-state index in [2.05, 4.69) is 17.2 Å².